The molecule has 1 aromatic carbocycles. The zero-order valence-corrected chi connectivity index (χ0v) is 10.7. The summed E-state index contributed by atoms with van der Waals surface area (Å²) in [5, 5.41) is 0. The fraction of sp³-hybridized carbons (Fsp3) is 0.333. The highest BCUT2D eigenvalue weighted by molar-refractivity contribution is 5.30. The van der Waals surface area contributed by atoms with Crippen molar-refractivity contribution in [2.45, 2.75) is 31.5 Å². The maximum atomic E-state index is 5.86. The summed E-state index contributed by atoms with van der Waals surface area (Å²) in [6.07, 6.45) is 5.65. The lowest BCUT2D eigenvalue weighted by molar-refractivity contribution is -0.0222. The molecule has 0 bridgehead atoms. The zero-order chi connectivity index (χ0) is 13.1. The fourth-order valence-corrected chi connectivity index (χ4v) is 2.26. The van der Waals surface area contributed by atoms with Crippen molar-refractivity contribution in [3.63, 3.8) is 0 Å². The van der Waals surface area contributed by atoms with Crippen LogP contribution in [0.1, 0.15) is 30.1 Å². The van der Waals surface area contributed by atoms with Gasteiger partial charge in [0, 0.05) is 5.92 Å². The molecule has 4 heteroatoms. The Bertz CT molecular complexity index is 521. The molecular formula is C15H17N3O. The first-order chi connectivity index (χ1) is 9.31. The van der Waals surface area contributed by atoms with E-state index in [0.717, 1.165) is 18.7 Å². The minimum Gasteiger partial charge on any atom is -0.396 e. The molecule has 1 aromatic heterocycles. The average Bonchev–Trinajstić information content (AvgIpc) is 2.40. The van der Waals surface area contributed by atoms with Crippen molar-refractivity contribution in [2.75, 3.05) is 5.73 Å². The van der Waals surface area contributed by atoms with Gasteiger partial charge in [-0.05, 0) is 18.4 Å². The summed E-state index contributed by atoms with van der Waals surface area (Å²) in [6, 6.07) is 10.2. The molecular weight excluding hydrogens is 238 g/mol. The van der Waals surface area contributed by atoms with Crippen LogP contribution >= 0.6 is 0 Å². The molecule has 0 saturated heterocycles. The van der Waals surface area contributed by atoms with Gasteiger partial charge in [-0.1, -0.05) is 30.3 Å². The van der Waals surface area contributed by atoms with Crippen LogP contribution in [0.25, 0.3) is 0 Å². The number of rotatable bonds is 4. The van der Waals surface area contributed by atoms with Crippen molar-refractivity contribution in [3.05, 3.63) is 54.1 Å². The third-order valence-corrected chi connectivity index (χ3v) is 3.48. The molecule has 19 heavy (non-hydrogen) atoms. The maximum Gasteiger partial charge on any atom is 0.131 e. The zero-order valence-electron chi connectivity index (χ0n) is 10.7. The number of ether oxygens (including phenoxy) is 1. The van der Waals surface area contributed by atoms with Crippen molar-refractivity contribution >= 4 is 5.69 Å². The summed E-state index contributed by atoms with van der Waals surface area (Å²) in [4.78, 5) is 8.52. The first-order valence-corrected chi connectivity index (χ1v) is 6.54. The smallest absolute Gasteiger partial charge is 0.131 e. The Morgan fingerprint density at radius 3 is 2.47 bits per heavy atom. The predicted octanol–water partition coefficient (Wildman–Crippen LogP) is 2.52. The number of hydrogen-bond acceptors (Lipinski definition) is 4. The van der Waals surface area contributed by atoms with Gasteiger partial charge in [0.25, 0.3) is 0 Å². The maximum absolute atomic E-state index is 5.86. The highest BCUT2D eigenvalue weighted by Crippen LogP contribution is 2.37. The van der Waals surface area contributed by atoms with E-state index in [2.05, 4.69) is 22.1 Å². The second kappa shape index (κ2) is 5.36. The molecule has 1 saturated carbocycles. The summed E-state index contributed by atoms with van der Waals surface area (Å²) in [5.74, 6) is 1.30. The van der Waals surface area contributed by atoms with Gasteiger partial charge in [-0.2, -0.15) is 0 Å². The normalized spacial score (nSPS) is 21.9. The molecule has 0 radical (unpaired) electrons. The van der Waals surface area contributed by atoms with E-state index in [9.17, 15) is 0 Å². The van der Waals surface area contributed by atoms with Crippen LogP contribution in [-0.2, 0) is 11.3 Å². The van der Waals surface area contributed by atoms with Gasteiger partial charge in [-0.25, -0.2) is 9.97 Å². The van der Waals surface area contributed by atoms with E-state index in [1.165, 1.54) is 5.56 Å². The number of aromatic nitrogens is 2. The van der Waals surface area contributed by atoms with E-state index in [0.29, 0.717) is 24.3 Å². The van der Waals surface area contributed by atoms with Gasteiger partial charge >= 0.3 is 0 Å². The van der Waals surface area contributed by atoms with Crippen LogP contribution in [0.3, 0.4) is 0 Å². The summed E-state index contributed by atoms with van der Waals surface area (Å²) in [6.45, 7) is 0.681. The highest BCUT2D eigenvalue weighted by Gasteiger charge is 2.32. The number of hydrogen-bond donors (Lipinski definition) is 1. The molecule has 0 unspecified atom stereocenters. The van der Waals surface area contributed by atoms with E-state index in [-0.39, 0.29) is 0 Å². The van der Waals surface area contributed by atoms with E-state index in [4.69, 9.17) is 10.5 Å². The molecule has 1 heterocycles. The number of nitrogens with two attached hydrogens (primary N) is 1. The first kappa shape index (κ1) is 12.1. The van der Waals surface area contributed by atoms with Gasteiger partial charge in [-0.3, -0.25) is 0 Å². The summed E-state index contributed by atoms with van der Waals surface area (Å²) in [5.41, 5.74) is 7.40. The highest BCUT2D eigenvalue weighted by atomic mass is 16.5. The summed E-state index contributed by atoms with van der Waals surface area (Å²) in [7, 11) is 0. The second-order valence-electron chi connectivity index (χ2n) is 4.96. The average molecular weight is 255 g/mol. The van der Waals surface area contributed by atoms with Crippen molar-refractivity contribution in [1.82, 2.24) is 9.97 Å². The lowest BCUT2D eigenvalue weighted by Gasteiger charge is -2.34. The molecule has 3 rings (SSSR count). The van der Waals surface area contributed by atoms with E-state index in [1.807, 2.05) is 18.2 Å². The monoisotopic (exact) mass is 255 g/mol. The van der Waals surface area contributed by atoms with Crippen LogP contribution in [0.5, 0.6) is 0 Å². The molecule has 1 aliphatic carbocycles. The van der Waals surface area contributed by atoms with Crippen molar-refractivity contribution in [2.24, 2.45) is 0 Å². The second-order valence-corrected chi connectivity index (χ2v) is 4.96. The van der Waals surface area contributed by atoms with Crippen LogP contribution in [0, 0.1) is 0 Å². The lowest BCUT2D eigenvalue weighted by atomic mass is 9.81. The fourth-order valence-electron chi connectivity index (χ4n) is 2.26. The van der Waals surface area contributed by atoms with Crippen molar-refractivity contribution < 1.29 is 4.74 Å². The van der Waals surface area contributed by atoms with Crippen molar-refractivity contribution in [1.29, 1.82) is 0 Å². The Morgan fingerprint density at radius 2 is 1.79 bits per heavy atom. The molecule has 1 aliphatic rings. The Balaban J connectivity index is 1.47. The van der Waals surface area contributed by atoms with Crippen LogP contribution in [0.2, 0.25) is 0 Å². The standard InChI is InChI=1S/C15H17N3O/c16-13-8-17-15(18-9-13)12-6-14(7-12)19-10-11-4-2-1-3-5-11/h1-5,8-9,12,14H,6-7,10,16H2. The molecule has 0 spiro atoms. The first-order valence-electron chi connectivity index (χ1n) is 6.54. The van der Waals surface area contributed by atoms with Gasteiger partial charge in [0.15, 0.2) is 0 Å². The molecule has 2 aromatic rings. The SMILES string of the molecule is Nc1cnc(C2CC(OCc3ccccc3)C2)nc1. The largest absolute Gasteiger partial charge is 0.396 e. The number of anilines is 1. The van der Waals surface area contributed by atoms with E-state index >= 15 is 0 Å². The third kappa shape index (κ3) is 2.90. The van der Waals surface area contributed by atoms with E-state index in [1.54, 1.807) is 12.4 Å². The molecule has 4 nitrogen and oxygen atoms in total. The van der Waals surface area contributed by atoms with Crippen LogP contribution in [0.4, 0.5) is 5.69 Å². The lowest BCUT2D eigenvalue weighted by Crippen LogP contribution is -2.30. The molecule has 0 atom stereocenters. The third-order valence-electron chi connectivity index (χ3n) is 3.48. The quantitative estimate of drug-likeness (QED) is 0.912. The summed E-state index contributed by atoms with van der Waals surface area (Å²) < 4.78 is 5.86. The van der Waals surface area contributed by atoms with Gasteiger partial charge in [-0.15, -0.1) is 0 Å². The minimum absolute atomic E-state index is 0.325. The summed E-state index contributed by atoms with van der Waals surface area (Å²) >= 11 is 0. The molecule has 1 fully saturated rings. The molecule has 98 valence electrons. The molecule has 0 aliphatic heterocycles. The van der Waals surface area contributed by atoms with Crippen LogP contribution in [0.15, 0.2) is 42.7 Å². The van der Waals surface area contributed by atoms with E-state index < -0.39 is 0 Å². The number of nitrogens with zero attached hydrogens (tertiary/aromatic N) is 2. The van der Waals surface area contributed by atoms with Crippen LogP contribution < -0.4 is 5.73 Å². The molecule has 2 N–H and O–H groups in total. The topological polar surface area (TPSA) is 61.0 Å². The van der Waals surface area contributed by atoms with Gasteiger partial charge in [0.05, 0.1) is 30.8 Å². The Morgan fingerprint density at radius 1 is 1.11 bits per heavy atom. The van der Waals surface area contributed by atoms with Gasteiger partial charge in [0.1, 0.15) is 5.82 Å². The molecule has 0 amide bonds. The van der Waals surface area contributed by atoms with Crippen LogP contribution in [-0.4, -0.2) is 16.1 Å². The Kier molecular flexibility index (Phi) is 3.42. The van der Waals surface area contributed by atoms with Gasteiger partial charge in [0.2, 0.25) is 0 Å². The Hall–Kier alpha value is -1.94. The Labute approximate surface area is 112 Å². The van der Waals surface area contributed by atoms with Crippen molar-refractivity contribution in [3.8, 4) is 0 Å². The predicted molar refractivity (Wildman–Crippen MR) is 73.4 cm³/mol. The number of benzene rings is 1. The van der Waals surface area contributed by atoms with Gasteiger partial charge < -0.3 is 10.5 Å². The minimum atomic E-state index is 0.325. The number of nitrogen functional groups attached to an aromatic ring is 1.